The second-order valence-electron chi connectivity index (χ2n) is 7.14. The Labute approximate surface area is 198 Å². The third-order valence-electron chi connectivity index (χ3n) is 4.87. The predicted octanol–water partition coefficient (Wildman–Crippen LogP) is 5.27. The van der Waals surface area contributed by atoms with Crippen LogP contribution >= 0.6 is 11.8 Å². The van der Waals surface area contributed by atoms with Crippen molar-refractivity contribution in [3.8, 4) is 11.3 Å². The van der Waals surface area contributed by atoms with E-state index in [9.17, 15) is 19.7 Å². The number of esters is 1. The number of benzene rings is 2. The summed E-state index contributed by atoms with van der Waals surface area (Å²) in [7, 11) is 1.63. The van der Waals surface area contributed by atoms with Gasteiger partial charge in [-0.2, -0.15) is 0 Å². The maximum atomic E-state index is 12.7. The van der Waals surface area contributed by atoms with Crippen LogP contribution in [0.25, 0.3) is 17.4 Å². The number of nitro benzene ring substituents is 1. The lowest BCUT2D eigenvalue weighted by atomic mass is 10.1. The molecule has 0 radical (unpaired) electrons. The summed E-state index contributed by atoms with van der Waals surface area (Å²) in [4.78, 5) is 41.2. The lowest BCUT2D eigenvalue weighted by molar-refractivity contribution is -0.384. The Hall–Kier alpha value is -4.18. The zero-order chi connectivity index (χ0) is 24.2. The van der Waals surface area contributed by atoms with Gasteiger partial charge in [0.15, 0.2) is 5.17 Å². The Morgan fingerprint density at radius 1 is 1.15 bits per heavy atom. The standard InChI is InChI=1S/C24H19N3O6S/c1-3-32-23(29)16-4-8-17(9-5-16)25-24-26(2)22(28)21(34-24)14-19-12-13-20(33-19)15-6-10-18(11-7-15)27(30)31/h4-14H,3H2,1-2H3. The fourth-order valence-electron chi connectivity index (χ4n) is 3.11. The first-order chi connectivity index (χ1) is 16.4. The molecule has 34 heavy (non-hydrogen) atoms. The molecular weight excluding hydrogens is 458 g/mol. The fourth-order valence-corrected chi connectivity index (χ4v) is 4.08. The van der Waals surface area contributed by atoms with Crippen molar-refractivity contribution in [2.75, 3.05) is 13.7 Å². The fraction of sp³-hybridized carbons (Fsp3) is 0.125. The molecule has 0 bridgehead atoms. The van der Waals surface area contributed by atoms with Crippen molar-refractivity contribution in [1.82, 2.24) is 4.90 Å². The van der Waals surface area contributed by atoms with Crippen LogP contribution in [-0.4, -0.2) is 40.5 Å². The van der Waals surface area contributed by atoms with E-state index in [1.54, 1.807) is 68.6 Å². The largest absolute Gasteiger partial charge is 0.462 e. The van der Waals surface area contributed by atoms with Crippen LogP contribution in [0.2, 0.25) is 0 Å². The normalized spacial score (nSPS) is 15.8. The second-order valence-corrected chi connectivity index (χ2v) is 8.15. The first kappa shape index (κ1) is 23.0. The minimum Gasteiger partial charge on any atom is -0.462 e. The highest BCUT2D eigenvalue weighted by molar-refractivity contribution is 8.18. The van der Waals surface area contributed by atoms with E-state index < -0.39 is 10.9 Å². The Kier molecular flexibility index (Phi) is 6.60. The van der Waals surface area contributed by atoms with Gasteiger partial charge in [-0.3, -0.25) is 19.8 Å². The van der Waals surface area contributed by atoms with E-state index >= 15 is 0 Å². The van der Waals surface area contributed by atoms with Gasteiger partial charge < -0.3 is 9.15 Å². The molecule has 1 amide bonds. The van der Waals surface area contributed by atoms with Crippen molar-refractivity contribution in [2.24, 2.45) is 4.99 Å². The van der Waals surface area contributed by atoms with Crippen molar-refractivity contribution in [2.45, 2.75) is 6.92 Å². The smallest absolute Gasteiger partial charge is 0.338 e. The summed E-state index contributed by atoms with van der Waals surface area (Å²) in [6.45, 7) is 2.04. The lowest BCUT2D eigenvalue weighted by Gasteiger charge is -2.07. The molecule has 172 valence electrons. The van der Waals surface area contributed by atoms with E-state index in [0.29, 0.717) is 45.0 Å². The number of carbonyl (C=O) groups excluding carboxylic acids is 2. The van der Waals surface area contributed by atoms with Crippen LogP contribution in [0.15, 0.2) is 75.0 Å². The first-order valence-corrected chi connectivity index (χ1v) is 11.1. The number of aliphatic imine (C=N–C) groups is 1. The van der Waals surface area contributed by atoms with Crippen LogP contribution < -0.4 is 0 Å². The van der Waals surface area contributed by atoms with Crippen molar-refractivity contribution < 1.29 is 23.7 Å². The van der Waals surface area contributed by atoms with Crippen LogP contribution in [-0.2, 0) is 9.53 Å². The molecule has 0 unspecified atom stereocenters. The third-order valence-corrected chi connectivity index (χ3v) is 5.93. The highest BCUT2D eigenvalue weighted by Gasteiger charge is 2.30. The van der Waals surface area contributed by atoms with E-state index in [2.05, 4.69) is 4.99 Å². The van der Waals surface area contributed by atoms with Gasteiger partial charge in [-0.1, -0.05) is 0 Å². The zero-order valence-electron chi connectivity index (χ0n) is 18.3. The number of likely N-dealkylation sites (N-methyl/N-ethyl adjacent to an activating group) is 1. The number of non-ortho nitro benzene ring substituents is 1. The van der Waals surface area contributed by atoms with Gasteiger partial charge in [-0.15, -0.1) is 0 Å². The second kappa shape index (κ2) is 9.75. The van der Waals surface area contributed by atoms with Crippen LogP contribution in [0.3, 0.4) is 0 Å². The topological polar surface area (TPSA) is 115 Å². The van der Waals surface area contributed by atoms with Gasteiger partial charge in [0.25, 0.3) is 11.6 Å². The molecule has 0 N–H and O–H groups in total. The maximum Gasteiger partial charge on any atom is 0.338 e. The predicted molar refractivity (Wildman–Crippen MR) is 129 cm³/mol. The molecule has 4 rings (SSSR count). The highest BCUT2D eigenvalue weighted by Crippen LogP contribution is 2.34. The molecule has 1 aliphatic rings. The molecule has 3 aromatic rings. The molecule has 1 aromatic heterocycles. The molecule has 1 saturated heterocycles. The Balaban J connectivity index is 1.51. The van der Waals surface area contributed by atoms with Crippen LogP contribution in [0, 0.1) is 10.1 Å². The molecule has 2 heterocycles. The number of nitro groups is 1. The molecule has 0 saturated carbocycles. The first-order valence-electron chi connectivity index (χ1n) is 10.2. The number of ether oxygens (including phenoxy) is 1. The van der Waals surface area contributed by atoms with Gasteiger partial charge in [0.2, 0.25) is 0 Å². The van der Waals surface area contributed by atoms with Crippen molar-refractivity contribution >= 4 is 46.3 Å². The molecule has 2 aromatic carbocycles. The zero-order valence-corrected chi connectivity index (χ0v) is 19.1. The van der Waals surface area contributed by atoms with E-state index in [1.807, 2.05) is 0 Å². The summed E-state index contributed by atoms with van der Waals surface area (Å²) >= 11 is 1.21. The van der Waals surface area contributed by atoms with E-state index in [-0.39, 0.29) is 11.6 Å². The van der Waals surface area contributed by atoms with Crippen molar-refractivity contribution in [3.05, 3.63) is 87.0 Å². The van der Waals surface area contributed by atoms with Crippen molar-refractivity contribution in [3.63, 3.8) is 0 Å². The van der Waals surface area contributed by atoms with Gasteiger partial charge in [-0.05, 0) is 67.2 Å². The molecule has 1 fully saturated rings. The number of rotatable bonds is 6. The average molecular weight is 477 g/mol. The molecular formula is C24H19N3O6S. The Morgan fingerprint density at radius 2 is 1.85 bits per heavy atom. The van der Waals surface area contributed by atoms with E-state index in [1.165, 1.54) is 28.8 Å². The minimum atomic E-state index is -0.463. The number of carbonyl (C=O) groups is 2. The Bertz CT molecular complexity index is 1310. The number of hydrogen-bond acceptors (Lipinski definition) is 8. The van der Waals surface area contributed by atoms with Gasteiger partial charge in [-0.25, -0.2) is 9.79 Å². The molecule has 0 spiro atoms. The average Bonchev–Trinajstić information content (AvgIpc) is 3.40. The number of amidine groups is 1. The summed E-state index contributed by atoms with van der Waals surface area (Å²) in [6.07, 6.45) is 1.63. The SMILES string of the molecule is CCOC(=O)c1ccc(N=C2SC(=Cc3ccc(-c4ccc([N+](=O)[O-])cc4)o3)C(=O)N2C)cc1. The van der Waals surface area contributed by atoms with Crippen LogP contribution in [0.5, 0.6) is 0 Å². The summed E-state index contributed by atoms with van der Waals surface area (Å²) in [6, 6.07) is 16.1. The number of amides is 1. The van der Waals surface area contributed by atoms with E-state index in [4.69, 9.17) is 9.15 Å². The molecule has 0 atom stereocenters. The van der Waals surface area contributed by atoms with Gasteiger partial charge in [0, 0.05) is 30.8 Å². The molecule has 0 aliphatic carbocycles. The summed E-state index contributed by atoms with van der Waals surface area (Å²) in [5.74, 6) is 0.375. The number of thioether (sulfide) groups is 1. The van der Waals surface area contributed by atoms with Gasteiger partial charge >= 0.3 is 5.97 Å². The van der Waals surface area contributed by atoms with Crippen LogP contribution in [0.1, 0.15) is 23.0 Å². The third kappa shape index (κ3) is 4.91. The minimum absolute atomic E-state index is 0.00372. The van der Waals surface area contributed by atoms with Gasteiger partial charge in [0.05, 0.1) is 27.7 Å². The quantitative estimate of drug-likeness (QED) is 0.206. The molecule has 1 aliphatic heterocycles. The van der Waals surface area contributed by atoms with E-state index in [0.717, 1.165) is 0 Å². The number of hydrogen-bond donors (Lipinski definition) is 0. The van der Waals surface area contributed by atoms with Crippen LogP contribution in [0.4, 0.5) is 11.4 Å². The number of furan rings is 1. The highest BCUT2D eigenvalue weighted by atomic mass is 32.2. The van der Waals surface area contributed by atoms with Crippen molar-refractivity contribution in [1.29, 1.82) is 0 Å². The number of nitrogens with zero attached hydrogens (tertiary/aromatic N) is 3. The summed E-state index contributed by atoms with van der Waals surface area (Å²) in [5.41, 5.74) is 1.70. The summed E-state index contributed by atoms with van der Waals surface area (Å²) in [5, 5.41) is 11.3. The summed E-state index contributed by atoms with van der Waals surface area (Å²) < 4.78 is 10.8. The Morgan fingerprint density at radius 3 is 2.50 bits per heavy atom. The lowest BCUT2D eigenvalue weighted by Crippen LogP contribution is -2.23. The molecule has 10 heteroatoms. The maximum absolute atomic E-state index is 12.7. The monoisotopic (exact) mass is 477 g/mol. The van der Waals surface area contributed by atoms with Gasteiger partial charge in [0.1, 0.15) is 11.5 Å². The molecule has 9 nitrogen and oxygen atoms in total.